The number of carbonyl (C=O) groups is 2. The standard InChI is InChI=1S/C14H21N3O3/c1-4-15-14(19)17-13(18)10(3)16-11-7-6-8-12(9-11)20-5-2/h6-10,16H,4-5H2,1-3H3,(H2,15,17,18,19). The number of hydrogen-bond acceptors (Lipinski definition) is 4. The number of carbonyl (C=O) groups excluding carboxylic acids is 2. The SMILES string of the molecule is CCNC(=O)NC(=O)C(C)Nc1cccc(OCC)c1. The Morgan fingerprint density at radius 1 is 1.30 bits per heavy atom. The molecule has 110 valence electrons. The lowest BCUT2D eigenvalue weighted by Gasteiger charge is -2.15. The summed E-state index contributed by atoms with van der Waals surface area (Å²) in [6.07, 6.45) is 0. The van der Waals surface area contributed by atoms with E-state index in [1.54, 1.807) is 19.9 Å². The van der Waals surface area contributed by atoms with Crippen molar-refractivity contribution in [3.05, 3.63) is 24.3 Å². The molecule has 1 aromatic carbocycles. The van der Waals surface area contributed by atoms with Gasteiger partial charge in [-0.25, -0.2) is 4.79 Å². The second kappa shape index (κ2) is 8.04. The van der Waals surface area contributed by atoms with E-state index >= 15 is 0 Å². The summed E-state index contributed by atoms with van der Waals surface area (Å²) < 4.78 is 5.38. The van der Waals surface area contributed by atoms with E-state index in [-0.39, 0.29) is 0 Å². The molecule has 0 heterocycles. The van der Waals surface area contributed by atoms with Crippen molar-refractivity contribution < 1.29 is 14.3 Å². The predicted molar refractivity (Wildman–Crippen MR) is 77.9 cm³/mol. The van der Waals surface area contributed by atoms with Crippen molar-refractivity contribution in [2.24, 2.45) is 0 Å². The first-order valence-electron chi connectivity index (χ1n) is 6.64. The minimum atomic E-state index is -0.533. The van der Waals surface area contributed by atoms with Crippen LogP contribution < -0.4 is 20.7 Å². The van der Waals surface area contributed by atoms with Crippen LogP contribution in [0.3, 0.4) is 0 Å². The first-order valence-corrected chi connectivity index (χ1v) is 6.64. The molecule has 6 heteroatoms. The molecular weight excluding hydrogens is 258 g/mol. The fourth-order valence-electron chi connectivity index (χ4n) is 1.58. The van der Waals surface area contributed by atoms with Crippen LogP contribution in [0, 0.1) is 0 Å². The quantitative estimate of drug-likeness (QED) is 0.741. The van der Waals surface area contributed by atoms with E-state index < -0.39 is 18.0 Å². The molecule has 0 spiro atoms. The van der Waals surface area contributed by atoms with Gasteiger partial charge in [-0.05, 0) is 32.9 Å². The number of imide groups is 1. The predicted octanol–water partition coefficient (Wildman–Crippen LogP) is 1.73. The molecule has 0 saturated heterocycles. The van der Waals surface area contributed by atoms with Crippen LogP contribution in [-0.4, -0.2) is 31.1 Å². The Balaban J connectivity index is 2.56. The van der Waals surface area contributed by atoms with Crippen LogP contribution in [0.5, 0.6) is 5.75 Å². The molecule has 0 aromatic heterocycles. The molecule has 0 aliphatic carbocycles. The highest BCUT2D eigenvalue weighted by molar-refractivity contribution is 5.97. The number of benzene rings is 1. The van der Waals surface area contributed by atoms with E-state index in [4.69, 9.17) is 4.74 Å². The average molecular weight is 279 g/mol. The van der Waals surface area contributed by atoms with Gasteiger partial charge in [-0.15, -0.1) is 0 Å². The lowest BCUT2D eigenvalue weighted by Crippen LogP contribution is -2.45. The zero-order chi connectivity index (χ0) is 15.0. The number of ether oxygens (including phenoxy) is 1. The normalized spacial score (nSPS) is 11.3. The highest BCUT2D eigenvalue weighted by Crippen LogP contribution is 2.17. The number of rotatable bonds is 6. The van der Waals surface area contributed by atoms with Gasteiger partial charge in [-0.1, -0.05) is 6.07 Å². The molecular formula is C14H21N3O3. The Morgan fingerprint density at radius 2 is 2.05 bits per heavy atom. The Morgan fingerprint density at radius 3 is 2.70 bits per heavy atom. The molecule has 20 heavy (non-hydrogen) atoms. The molecule has 3 N–H and O–H groups in total. The second-order valence-corrected chi connectivity index (χ2v) is 4.18. The van der Waals surface area contributed by atoms with Gasteiger partial charge in [0.1, 0.15) is 11.8 Å². The Bertz CT molecular complexity index is 463. The van der Waals surface area contributed by atoms with Gasteiger partial charge in [-0.3, -0.25) is 10.1 Å². The number of amides is 3. The zero-order valence-electron chi connectivity index (χ0n) is 12.0. The first-order chi connectivity index (χ1) is 9.56. The number of hydrogen-bond donors (Lipinski definition) is 3. The summed E-state index contributed by atoms with van der Waals surface area (Å²) in [7, 11) is 0. The highest BCUT2D eigenvalue weighted by Gasteiger charge is 2.15. The molecule has 1 rings (SSSR count). The van der Waals surface area contributed by atoms with Gasteiger partial charge in [-0.2, -0.15) is 0 Å². The van der Waals surface area contributed by atoms with Gasteiger partial charge in [0.15, 0.2) is 0 Å². The zero-order valence-corrected chi connectivity index (χ0v) is 12.0. The first kappa shape index (κ1) is 15.8. The van der Waals surface area contributed by atoms with Crippen molar-refractivity contribution in [2.75, 3.05) is 18.5 Å². The number of anilines is 1. The van der Waals surface area contributed by atoms with E-state index in [9.17, 15) is 9.59 Å². The molecule has 1 aromatic rings. The van der Waals surface area contributed by atoms with Crippen LogP contribution in [0.15, 0.2) is 24.3 Å². The third-order valence-corrected chi connectivity index (χ3v) is 2.50. The van der Waals surface area contributed by atoms with E-state index in [1.165, 1.54) is 0 Å². The largest absolute Gasteiger partial charge is 0.494 e. The molecule has 0 aliphatic heterocycles. The molecule has 3 amide bonds. The van der Waals surface area contributed by atoms with Crippen molar-refractivity contribution in [1.82, 2.24) is 10.6 Å². The van der Waals surface area contributed by atoms with Crippen LogP contribution in [0.25, 0.3) is 0 Å². The molecule has 0 saturated carbocycles. The minimum absolute atomic E-state index is 0.391. The van der Waals surface area contributed by atoms with Crippen LogP contribution in [-0.2, 0) is 4.79 Å². The van der Waals surface area contributed by atoms with Crippen molar-refractivity contribution in [3.63, 3.8) is 0 Å². The fourth-order valence-corrected chi connectivity index (χ4v) is 1.58. The smallest absolute Gasteiger partial charge is 0.321 e. The molecule has 0 bridgehead atoms. The summed E-state index contributed by atoms with van der Waals surface area (Å²) in [5, 5.41) is 7.78. The maximum atomic E-state index is 11.8. The van der Waals surface area contributed by atoms with Gasteiger partial charge in [0.25, 0.3) is 0 Å². The molecule has 0 radical (unpaired) electrons. The highest BCUT2D eigenvalue weighted by atomic mass is 16.5. The molecule has 6 nitrogen and oxygen atoms in total. The van der Waals surface area contributed by atoms with E-state index in [1.807, 2.05) is 25.1 Å². The average Bonchev–Trinajstić information content (AvgIpc) is 2.39. The summed E-state index contributed by atoms with van der Waals surface area (Å²) in [6, 6.07) is 6.29. The summed E-state index contributed by atoms with van der Waals surface area (Å²) in [5.41, 5.74) is 0.759. The molecule has 1 atom stereocenters. The van der Waals surface area contributed by atoms with Gasteiger partial charge in [0.2, 0.25) is 5.91 Å². The summed E-state index contributed by atoms with van der Waals surface area (Å²) in [5.74, 6) is 0.339. The van der Waals surface area contributed by atoms with E-state index in [0.717, 1.165) is 11.4 Å². The van der Waals surface area contributed by atoms with Crippen LogP contribution >= 0.6 is 0 Å². The van der Waals surface area contributed by atoms with E-state index in [0.29, 0.717) is 13.2 Å². The fraction of sp³-hybridized carbons (Fsp3) is 0.429. The third-order valence-electron chi connectivity index (χ3n) is 2.50. The van der Waals surface area contributed by atoms with Gasteiger partial charge in [0, 0.05) is 18.3 Å². The van der Waals surface area contributed by atoms with Crippen molar-refractivity contribution in [3.8, 4) is 5.75 Å². The Labute approximate surface area is 118 Å². The lowest BCUT2D eigenvalue weighted by molar-refractivity contribution is -0.120. The molecule has 1 unspecified atom stereocenters. The number of nitrogens with one attached hydrogen (secondary N) is 3. The summed E-state index contributed by atoms with van der Waals surface area (Å²) in [6.45, 7) is 6.42. The van der Waals surface area contributed by atoms with Gasteiger partial charge in [0.05, 0.1) is 6.61 Å². The monoisotopic (exact) mass is 279 g/mol. The summed E-state index contributed by atoms with van der Waals surface area (Å²) >= 11 is 0. The maximum absolute atomic E-state index is 11.8. The van der Waals surface area contributed by atoms with Crippen LogP contribution in [0.1, 0.15) is 20.8 Å². The second-order valence-electron chi connectivity index (χ2n) is 4.18. The van der Waals surface area contributed by atoms with E-state index in [2.05, 4.69) is 16.0 Å². The van der Waals surface area contributed by atoms with Crippen molar-refractivity contribution >= 4 is 17.6 Å². The maximum Gasteiger partial charge on any atom is 0.321 e. The third kappa shape index (κ3) is 5.17. The van der Waals surface area contributed by atoms with Crippen molar-refractivity contribution in [2.45, 2.75) is 26.8 Å². The molecule has 0 fully saturated rings. The number of urea groups is 1. The Hall–Kier alpha value is -2.24. The van der Waals surface area contributed by atoms with Crippen molar-refractivity contribution in [1.29, 1.82) is 0 Å². The molecule has 0 aliphatic rings. The van der Waals surface area contributed by atoms with Crippen LogP contribution in [0.4, 0.5) is 10.5 Å². The Kier molecular flexibility index (Phi) is 6.36. The lowest BCUT2D eigenvalue weighted by atomic mass is 10.2. The summed E-state index contributed by atoms with van der Waals surface area (Å²) in [4.78, 5) is 23.0. The van der Waals surface area contributed by atoms with Gasteiger partial charge < -0.3 is 15.4 Å². The van der Waals surface area contributed by atoms with Gasteiger partial charge >= 0.3 is 6.03 Å². The minimum Gasteiger partial charge on any atom is -0.494 e. The topological polar surface area (TPSA) is 79.5 Å². The van der Waals surface area contributed by atoms with Crippen LogP contribution in [0.2, 0.25) is 0 Å².